The average Bonchev–Trinajstić information content (AvgIpc) is 3.08. The molecule has 1 aromatic rings. The van der Waals surface area contributed by atoms with Crippen LogP contribution in [0.25, 0.3) is 0 Å². The minimum atomic E-state index is 0.321. The summed E-state index contributed by atoms with van der Waals surface area (Å²) in [6.45, 7) is 3.54. The number of hydrogen-bond donors (Lipinski definition) is 1. The molecule has 3 heteroatoms. The van der Waals surface area contributed by atoms with Gasteiger partial charge in [-0.2, -0.15) is 0 Å². The molecule has 1 aliphatic rings. The standard InChI is InChI=1S/C13H18ClNO/c1-9(7-15)11-4-12(14)6-13(5-11)16-8-10-2-3-10/h4-6,9-10H,2-3,7-8,15H2,1H3. The van der Waals surface area contributed by atoms with Crippen LogP contribution in [0, 0.1) is 5.92 Å². The minimum absolute atomic E-state index is 0.321. The first-order valence-corrected chi connectivity index (χ1v) is 6.20. The van der Waals surface area contributed by atoms with Gasteiger partial charge in [-0.25, -0.2) is 0 Å². The zero-order valence-electron chi connectivity index (χ0n) is 9.58. The van der Waals surface area contributed by atoms with Gasteiger partial charge in [-0.3, -0.25) is 0 Å². The molecule has 1 aliphatic carbocycles. The van der Waals surface area contributed by atoms with E-state index in [0.29, 0.717) is 12.5 Å². The van der Waals surface area contributed by atoms with Crippen LogP contribution in [0.1, 0.15) is 31.2 Å². The van der Waals surface area contributed by atoms with E-state index in [1.807, 2.05) is 18.2 Å². The van der Waals surface area contributed by atoms with Gasteiger partial charge in [0.15, 0.2) is 0 Å². The molecule has 0 aliphatic heterocycles. The molecule has 16 heavy (non-hydrogen) atoms. The summed E-state index contributed by atoms with van der Waals surface area (Å²) in [6, 6.07) is 5.88. The van der Waals surface area contributed by atoms with Crippen LogP contribution in [0.2, 0.25) is 5.02 Å². The molecule has 1 saturated carbocycles. The highest BCUT2D eigenvalue weighted by Gasteiger charge is 2.22. The van der Waals surface area contributed by atoms with E-state index in [1.54, 1.807) is 0 Å². The second-order valence-electron chi connectivity index (χ2n) is 4.61. The Morgan fingerprint density at radius 1 is 1.44 bits per heavy atom. The Morgan fingerprint density at radius 2 is 2.19 bits per heavy atom. The highest BCUT2D eigenvalue weighted by molar-refractivity contribution is 6.30. The lowest BCUT2D eigenvalue weighted by Crippen LogP contribution is -2.09. The highest BCUT2D eigenvalue weighted by atomic mass is 35.5. The van der Waals surface area contributed by atoms with Gasteiger partial charge in [-0.05, 0) is 55.0 Å². The first-order valence-electron chi connectivity index (χ1n) is 5.82. The molecule has 0 bridgehead atoms. The molecule has 2 rings (SSSR count). The van der Waals surface area contributed by atoms with Crippen LogP contribution in [0.5, 0.6) is 5.75 Å². The highest BCUT2D eigenvalue weighted by Crippen LogP contribution is 2.31. The van der Waals surface area contributed by atoms with Gasteiger partial charge >= 0.3 is 0 Å². The largest absolute Gasteiger partial charge is 0.493 e. The minimum Gasteiger partial charge on any atom is -0.493 e. The summed E-state index contributed by atoms with van der Waals surface area (Å²) in [5.41, 5.74) is 6.81. The first kappa shape index (κ1) is 11.7. The maximum Gasteiger partial charge on any atom is 0.121 e. The van der Waals surface area contributed by atoms with Gasteiger partial charge in [0.25, 0.3) is 0 Å². The fraction of sp³-hybridized carbons (Fsp3) is 0.538. The Balaban J connectivity index is 2.07. The summed E-state index contributed by atoms with van der Waals surface area (Å²) in [7, 11) is 0. The summed E-state index contributed by atoms with van der Waals surface area (Å²) < 4.78 is 5.72. The van der Waals surface area contributed by atoms with Crippen molar-refractivity contribution in [1.29, 1.82) is 0 Å². The Kier molecular flexibility index (Phi) is 3.72. The van der Waals surface area contributed by atoms with Crippen molar-refractivity contribution in [3.8, 4) is 5.75 Å². The van der Waals surface area contributed by atoms with Crippen molar-refractivity contribution in [2.45, 2.75) is 25.7 Å². The maximum absolute atomic E-state index is 6.06. The molecule has 1 atom stereocenters. The van der Waals surface area contributed by atoms with Gasteiger partial charge in [-0.15, -0.1) is 0 Å². The number of halogens is 1. The maximum atomic E-state index is 6.06. The molecule has 0 amide bonds. The van der Waals surface area contributed by atoms with E-state index in [2.05, 4.69) is 6.92 Å². The van der Waals surface area contributed by atoms with E-state index in [1.165, 1.54) is 12.8 Å². The fourth-order valence-corrected chi connectivity index (χ4v) is 1.82. The summed E-state index contributed by atoms with van der Waals surface area (Å²) in [5.74, 6) is 1.95. The molecule has 1 fully saturated rings. The normalized spacial score (nSPS) is 17.2. The smallest absolute Gasteiger partial charge is 0.121 e. The number of nitrogens with two attached hydrogens (primary N) is 1. The lowest BCUT2D eigenvalue weighted by molar-refractivity contribution is 0.299. The molecular formula is C13H18ClNO. The molecule has 88 valence electrons. The number of hydrogen-bond acceptors (Lipinski definition) is 2. The first-order chi connectivity index (χ1) is 7.69. The van der Waals surface area contributed by atoms with Crippen molar-refractivity contribution < 1.29 is 4.74 Å². The number of ether oxygens (including phenoxy) is 1. The van der Waals surface area contributed by atoms with E-state index >= 15 is 0 Å². The lowest BCUT2D eigenvalue weighted by Gasteiger charge is -2.12. The van der Waals surface area contributed by atoms with Crippen LogP contribution < -0.4 is 10.5 Å². The summed E-state index contributed by atoms with van der Waals surface area (Å²) in [4.78, 5) is 0. The molecule has 0 heterocycles. The van der Waals surface area contributed by atoms with Crippen molar-refractivity contribution >= 4 is 11.6 Å². The van der Waals surface area contributed by atoms with Gasteiger partial charge in [0.05, 0.1) is 6.61 Å². The van der Waals surface area contributed by atoms with E-state index in [0.717, 1.165) is 28.9 Å². The SMILES string of the molecule is CC(CN)c1cc(Cl)cc(OCC2CC2)c1. The van der Waals surface area contributed by atoms with Crippen LogP contribution in [-0.4, -0.2) is 13.2 Å². The van der Waals surface area contributed by atoms with Crippen molar-refractivity contribution in [1.82, 2.24) is 0 Å². The molecule has 1 unspecified atom stereocenters. The van der Waals surface area contributed by atoms with E-state index < -0.39 is 0 Å². The van der Waals surface area contributed by atoms with Crippen molar-refractivity contribution in [3.63, 3.8) is 0 Å². The third kappa shape index (κ3) is 3.13. The van der Waals surface area contributed by atoms with Gasteiger partial charge in [0, 0.05) is 5.02 Å². The van der Waals surface area contributed by atoms with E-state index in [4.69, 9.17) is 22.1 Å². The van der Waals surface area contributed by atoms with Crippen molar-refractivity contribution in [3.05, 3.63) is 28.8 Å². The Hall–Kier alpha value is -0.730. The van der Waals surface area contributed by atoms with Gasteiger partial charge < -0.3 is 10.5 Å². The molecule has 1 aromatic carbocycles. The quantitative estimate of drug-likeness (QED) is 0.857. The summed E-state index contributed by atoms with van der Waals surface area (Å²) in [5, 5.41) is 0.726. The predicted molar refractivity (Wildman–Crippen MR) is 67.1 cm³/mol. The summed E-state index contributed by atoms with van der Waals surface area (Å²) in [6.07, 6.45) is 2.60. The number of benzene rings is 1. The molecule has 0 aromatic heterocycles. The van der Waals surface area contributed by atoms with Gasteiger partial charge in [0.2, 0.25) is 0 Å². The third-order valence-corrected chi connectivity index (χ3v) is 3.22. The van der Waals surface area contributed by atoms with Crippen LogP contribution in [0.15, 0.2) is 18.2 Å². The van der Waals surface area contributed by atoms with Gasteiger partial charge in [0.1, 0.15) is 5.75 Å². The Morgan fingerprint density at radius 3 is 2.81 bits per heavy atom. The third-order valence-electron chi connectivity index (χ3n) is 3.00. The molecule has 2 N–H and O–H groups in total. The molecule has 0 saturated heterocycles. The second kappa shape index (κ2) is 5.07. The molecule has 0 radical (unpaired) electrons. The second-order valence-corrected chi connectivity index (χ2v) is 5.05. The fourth-order valence-electron chi connectivity index (χ4n) is 1.59. The lowest BCUT2D eigenvalue weighted by atomic mass is 10.0. The summed E-state index contributed by atoms with van der Waals surface area (Å²) >= 11 is 6.06. The van der Waals surface area contributed by atoms with Crippen LogP contribution in [0.4, 0.5) is 0 Å². The van der Waals surface area contributed by atoms with Crippen LogP contribution >= 0.6 is 11.6 Å². The topological polar surface area (TPSA) is 35.2 Å². The number of rotatable bonds is 5. The average molecular weight is 240 g/mol. The van der Waals surface area contributed by atoms with Crippen LogP contribution in [-0.2, 0) is 0 Å². The Bertz CT molecular complexity index is 363. The Labute approximate surface area is 102 Å². The van der Waals surface area contributed by atoms with Crippen molar-refractivity contribution in [2.24, 2.45) is 11.7 Å². The zero-order chi connectivity index (χ0) is 11.5. The zero-order valence-corrected chi connectivity index (χ0v) is 10.3. The van der Waals surface area contributed by atoms with E-state index in [-0.39, 0.29) is 0 Å². The molecular weight excluding hydrogens is 222 g/mol. The predicted octanol–water partition coefficient (Wildman–Crippen LogP) is 3.19. The van der Waals surface area contributed by atoms with Gasteiger partial charge in [-0.1, -0.05) is 18.5 Å². The van der Waals surface area contributed by atoms with E-state index in [9.17, 15) is 0 Å². The molecule has 2 nitrogen and oxygen atoms in total. The monoisotopic (exact) mass is 239 g/mol. The van der Waals surface area contributed by atoms with Crippen molar-refractivity contribution in [2.75, 3.05) is 13.2 Å². The molecule has 0 spiro atoms. The van der Waals surface area contributed by atoms with Crippen LogP contribution in [0.3, 0.4) is 0 Å².